The van der Waals surface area contributed by atoms with Gasteiger partial charge >= 0.3 is 12.1 Å². The van der Waals surface area contributed by atoms with Crippen LogP contribution in [-0.4, -0.2) is 17.0 Å². The molecule has 1 amide bonds. The minimum atomic E-state index is -4.73. The van der Waals surface area contributed by atoms with Crippen LogP contribution in [0.5, 0.6) is 0 Å². The van der Waals surface area contributed by atoms with Crippen molar-refractivity contribution in [3.63, 3.8) is 0 Å². The van der Waals surface area contributed by atoms with E-state index in [4.69, 9.17) is 10.4 Å². The Balaban J connectivity index is 3.02. The van der Waals surface area contributed by atoms with Crippen LogP contribution in [0.1, 0.15) is 11.1 Å². The molecule has 0 aromatic heterocycles. The Morgan fingerprint density at radius 1 is 1.30 bits per heavy atom. The third kappa shape index (κ3) is 4.13. The fraction of sp³-hybridized carbons (Fsp3) is 0.0833. The van der Waals surface area contributed by atoms with Crippen molar-refractivity contribution in [1.29, 1.82) is 5.26 Å². The Kier molecular flexibility index (Phi) is 4.48. The molecule has 1 aromatic rings. The second-order valence-electron chi connectivity index (χ2n) is 3.53. The van der Waals surface area contributed by atoms with Gasteiger partial charge in [-0.3, -0.25) is 4.79 Å². The van der Waals surface area contributed by atoms with Gasteiger partial charge in [0.25, 0.3) is 0 Å². The summed E-state index contributed by atoms with van der Waals surface area (Å²) in [6.45, 7) is 0. The first kappa shape index (κ1) is 15.2. The molecule has 0 aliphatic heterocycles. The van der Waals surface area contributed by atoms with Crippen LogP contribution >= 0.6 is 0 Å². The molecule has 0 aliphatic carbocycles. The second kappa shape index (κ2) is 5.88. The van der Waals surface area contributed by atoms with E-state index in [0.717, 1.165) is 12.1 Å². The Morgan fingerprint density at radius 3 is 2.45 bits per heavy atom. The molecule has 104 valence electrons. The number of benzene rings is 1. The molecule has 2 N–H and O–H groups in total. The molecule has 0 unspecified atom stereocenters. The molecule has 0 fully saturated rings. The maximum atomic E-state index is 12.7. The van der Waals surface area contributed by atoms with Crippen LogP contribution in [0.2, 0.25) is 0 Å². The molecule has 0 atom stereocenters. The van der Waals surface area contributed by atoms with Crippen LogP contribution < -0.4 is 5.32 Å². The van der Waals surface area contributed by atoms with Crippen molar-refractivity contribution in [3.05, 3.63) is 41.5 Å². The summed E-state index contributed by atoms with van der Waals surface area (Å²) in [5, 5.41) is 18.9. The molecule has 0 radical (unpaired) electrons. The summed E-state index contributed by atoms with van der Waals surface area (Å²) in [6.07, 6.45) is -3.53. The van der Waals surface area contributed by atoms with E-state index < -0.39 is 29.2 Å². The molecule has 1 rings (SSSR count). The highest BCUT2D eigenvalue weighted by molar-refractivity contribution is 6.02. The van der Waals surface area contributed by atoms with Crippen LogP contribution in [0.3, 0.4) is 0 Å². The van der Waals surface area contributed by atoms with Crippen molar-refractivity contribution in [2.75, 3.05) is 5.32 Å². The maximum absolute atomic E-state index is 12.7. The van der Waals surface area contributed by atoms with Crippen LogP contribution in [0.4, 0.5) is 18.9 Å². The van der Waals surface area contributed by atoms with Crippen LogP contribution in [0.15, 0.2) is 30.4 Å². The average Bonchev–Trinajstić information content (AvgIpc) is 2.35. The first-order valence-corrected chi connectivity index (χ1v) is 5.07. The van der Waals surface area contributed by atoms with Crippen LogP contribution in [0.25, 0.3) is 0 Å². The Bertz CT molecular complexity index is 615. The molecule has 8 heteroatoms. The van der Waals surface area contributed by atoms with Crippen molar-refractivity contribution >= 4 is 17.6 Å². The number of carbonyl (C=O) groups excluding carboxylic acids is 1. The van der Waals surface area contributed by atoms with Gasteiger partial charge in [-0.2, -0.15) is 18.4 Å². The number of nitrogens with zero attached hydrogens (tertiary/aromatic N) is 1. The van der Waals surface area contributed by atoms with Gasteiger partial charge in [0.1, 0.15) is 0 Å². The van der Waals surface area contributed by atoms with Gasteiger partial charge < -0.3 is 10.4 Å². The molecular formula is C12H7F3N2O3. The zero-order chi connectivity index (χ0) is 15.3. The first-order valence-electron chi connectivity index (χ1n) is 5.07. The van der Waals surface area contributed by atoms with E-state index in [9.17, 15) is 22.8 Å². The summed E-state index contributed by atoms with van der Waals surface area (Å²) in [5.41, 5.74) is -1.95. The van der Waals surface area contributed by atoms with Gasteiger partial charge in [0.05, 0.1) is 17.2 Å². The monoisotopic (exact) mass is 284 g/mol. The zero-order valence-electron chi connectivity index (χ0n) is 9.73. The van der Waals surface area contributed by atoms with Gasteiger partial charge in [0.2, 0.25) is 5.91 Å². The molecule has 0 bridgehead atoms. The highest BCUT2D eigenvalue weighted by Crippen LogP contribution is 2.33. The van der Waals surface area contributed by atoms with E-state index >= 15 is 0 Å². The number of amides is 1. The summed E-state index contributed by atoms with van der Waals surface area (Å²) in [6, 6.07) is 4.03. The fourth-order valence-electron chi connectivity index (χ4n) is 1.28. The van der Waals surface area contributed by atoms with E-state index in [-0.39, 0.29) is 5.69 Å². The van der Waals surface area contributed by atoms with E-state index in [2.05, 4.69) is 5.32 Å². The SMILES string of the molecule is N#Cc1ccc(NC(=O)/C=C\C(=O)O)cc1C(F)(F)F. The molecule has 1 aromatic carbocycles. The summed E-state index contributed by atoms with van der Waals surface area (Å²) >= 11 is 0. The Morgan fingerprint density at radius 2 is 1.95 bits per heavy atom. The first-order chi connectivity index (χ1) is 9.24. The number of alkyl halides is 3. The highest BCUT2D eigenvalue weighted by Gasteiger charge is 2.33. The molecule has 20 heavy (non-hydrogen) atoms. The summed E-state index contributed by atoms with van der Waals surface area (Å²) in [5.74, 6) is -2.26. The molecule has 0 saturated heterocycles. The zero-order valence-corrected chi connectivity index (χ0v) is 9.73. The number of nitrogens with one attached hydrogen (secondary N) is 1. The number of halogens is 3. The van der Waals surface area contributed by atoms with E-state index in [1.54, 1.807) is 0 Å². The number of hydrogen-bond acceptors (Lipinski definition) is 3. The lowest BCUT2D eigenvalue weighted by molar-refractivity contribution is -0.137. The second-order valence-corrected chi connectivity index (χ2v) is 3.53. The standard InChI is InChI=1S/C12H7F3N2O3/c13-12(14,15)9-5-8(2-1-7(9)6-16)17-10(18)3-4-11(19)20/h1-5H,(H,17,18)(H,19,20)/b4-3-. The van der Waals surface area contributed by atoms with Gasteiger partial charge in [0, 0.05) is 17.8 Å². The summed E-state index contributed by atoms with van der Waals surface area (Å²) in [7, 11) is 0. The number of rotatable bonds is 3. The Labute approximate surface area is 110 Å². The lowest BCUT2D eigenvalue weighted by Crippen LogP contribution is -2.12. The van der Waals surface area contributed by atoms with Gasteiger partial charge in [-0.25, -0.2) is 4.79 Å². The fourth-order valence-corrected chi connectivity index (χ4v) is 1.28. The summed E-state index contributed by atoms with van der Waals surface area (Å²) < 4.78 is 38.0. The maximum Gasteiger partial charge on any atom is 0.417 e. The van der Waals surface area contributed by atoms with Crippen LogP contribution in [-0.2, 0) is 15.8 Å². The number of carboxylic acid groups (broad SMARTS) is 1. The van der Waals surface area contributed by atoms with Crippen molar-refractivity contribution in [2.24, 2.45) is 0 Å². The number of aliphatic carboxylic acids is 1. The topological polar surface area (TPSA) is 90.2 Å². The van der Waals surface area contributed by atoms with Gasteiger partial charge in [0.15, 0.2) is 0 Å². The molecule has 0 saturated carbocycles. The minimum absolute atomic E-state index is 0.198. The number of hydrogen-bond donors (Lipinski definition) is 2. The average molecular weight is 284 g/mol. The van der Waals surface area contributed by atoms with Crippen LogP contribution in [0, 0.1) is 11.3 Å². The summed E-state index contributed by atoms with van der Waals surface area (Å²) in [4.78, 5) is 21.4. The lowest BCUT2D eigenvalue weighted by atomic mass is 10.1. The minimum Gasteiger partial charge on any atom is -0.478 e. The van der Waals surface area contributed by atoms with Crippen molar-refractivity contribution in [1.82, 2.24) is 0 Å². The normalized spacial score (nSPS) is 11.1. The van der Waals surface area contributed by atoms with Crippen molar-refractivity contribution in [2.45, 2.75) is 6.18 Å². The lowest BCUT2D eigenvalue weighted by Gasteiger charge is -2.10. The predicted molar refractivity (Wildman–Crippen MR) is 61.6 cm³/mol. The number of carbonyl (C=O) groups is 2. The molecular weight excluding hydrogens is 277 g/mol. The number of nitriles is 1. The third-order valence-corrected chi connectivity index (χ3v) is 2.09. The predicted octanol–water partition coefficient (Wildman–Crippen LogP) is 2.16. The Hall–Kier alpha value is -2.82. The van der Waals surface area contributed by atoms with Gasteiger partial charge in [-0.05, 0) is 18.2 Å². The molecule has 5 nitrogen and oxygen atoms in total. The van der Waals surface area contributed by atoms with E-state index in [0.29, 0.717) is 18.2 Å². The molecule has 0 spiro atoms. The molecule has 0 heterocycles. The van der Waals surface area contributed by atoms with E-state index in [1.807, 2.05) is 0 Å². The highest BCUT2D eigenvalue weighted by atomic mass is 19.4. The smallest absolute Gasteiger partial charge is 0.417 e. The van der Waals surface area contributed by atoms with E-state index in [1.165, 1.54) is 6.07 Å². The quantitative estimate of drug-likeness (QED) is 0.832. The van der Waals surface area contributed by atoms with Crippen molar-refractivity contribution < 1.29 is 27.9 Å². The third-order valence-electron chi connectivity index (χ3n) is 2.09. The number of anilines is 1. The van der Waals surface area contributed by atoms with Gasteiger partial charge in [-0.1, -0.05) is 0 Å². The van der Waals surface area contributed by atoms with Crippen molar-refractivity contribution in [3.8, 4) is 6.07 Å². The number of carboxylic acids is 1. The largest absolute Gasteiger partial charge is 0.478 e. The van der Waals surface area contributed by atoms with Gasteiger partial charge in [-0.15, -0.1) is 0 Å². The molecule has 0 aliphatic rings.